The second-order valence-electron chi connectivity index (χ2n) is 7.36. The number of hydrogen-bond acceptors (Lipinski definition) is 5. The Kier molecular flexibility index (Phi) is 3.74. The summed E-state index contributed by atoms with van der Waals surface area (Å²) in [5, 5.41) is 5.31. The molecule has 1 saturated heterocycles. The normalized spacial score (nSPS) is 19.5. The summed E-state index contributed by atoms with van der Waals surface area (Å²) >= 11 is 0. The van der Waals surface area contributed by atoms with Crippen LogP contribution in [0.3, 0.4) is 0 Å². The van der Waals surface area contributed by atoms with Gasteiger partial charge in [0.2, 0.25) is 11.7 Å². The molecule has 5 rings (SSSR count). The third-order valence-electron chi connectivity index (χ3n) is 5.42. The smallest absolute Gasteiger partial charge is 0.230 e. The zero-order valence-corrected chi connectivity index (χ0v) is 14.3. The standard InChI is InChI=1S/C20H22N4O/c1-2-4-17-15(3-1)7-8-18(21-17)19-22-20(25-23-19)16-9-11-24(12-10-16)13-14-5-6-14/h1-4,7-8,14,16H,5-6,9-13H2. The lowest BCUT2D eigenvalue weighted by atomic mass is 9.96. The van der Waals surface area contributed by atoms with E-state index in [0.29, 0.717) is 11.7 Å². The monoisotopic (exact) mass is 334 g/mol. The van der Waals surface area contributed by atoms with Gasteiger partial charge in [-0.05, 0) is 56.8 Å². The van der Waals surface area contributed by atoms with Crippen molar-refractivity contribution in [2.75, 3.05) is 19.6 Å². The van der Waals surface area contributed by atoms with Crippen LogP contribution in [0.15, 0.2) is 40.9 Å². The van der Waals surface area contributed by atoms with Gasteiger partial charge in [0.05, 0.1) is 5.52 Å². The van der Waals surface area contributed by atoms with Gasteiger partial charge in [0, 0.05) is 17.8 Å². The van der Waals surface area contributed by atoms with Crippen molar-refractivity contribution < 1.29 is 4.52 Å². The molecule has 0 N–H and O–H groups in total. The molecule has 5 heteroatoms. The third-order valence-corrected chi connectivity index (χ3v) is 5.42. The van der Waals surface area contributed by atoms with Crippen molar-refractivity contribution >= 4 is 10.9 Å². The van der Waals surface area contributed by atoms with Crippen LogP contribution in [0, 0.1) is 5.92 Å². The van der Waals surface area contributed by atoms with E-state index in [0.717, 1.165) is 54.3 Å². The molecule has 2 aliphatic rings. The Bertz CT molecular complexity index is 878. The second-order valence-corrected chi connectivity index (χ2v) is 7.36. The maximum Gasteiger partial charge on any atom is 0.230 e. The van der Waals surface area contributed by atoms with E-state index in [9.17, 15) is 0 Å². The highest BCUT2D eigenvalue weighted by Gasteiger charge is 2.29. The molecule has 25 heavy (non-hydrogen) atoms. The Morgan fingerprint density at radius 2 is 1.80 bits per heavy atom. The molecule has 3 heterocycles. The first-order valence-corrected chi connectivity index (χ1v) is 9.27. The highest BCUT2D eigenvalue weighted by Crippen LogP contribution is 2.33. The molecule has 0 amide bonds. The quantitative estimate of drug-likeness (QED) is 0.725. The average molecular weight is 334 g/mol. The molecule has 128 valence electrons. The van der Waals surface area contributed by atoms with Crippen molar-refractivity contribution in [2.45, 2.75) is 31.6 Å². The maximum absolute atomic E-state index is 5.58. The fourth-order valence-corrected chi connectivity index (χ4v) is 3.72. The topological polar surface area (TPSA) is 55.1 Å². The van der Waals surface area contributed by atoms with E-state index in [4.69, 9.17) is 4.52 Å². The minimum absolute atomic E-state index is 0.386. The molecule has 1 aliphatic carbocycles. The fourth-order valence-electron chi connectivity index (χ4n) is 3.72. The van der Waals surface area contributed by atoms with Gasteiger partial charge in [0.15, 0.2) is 0 Å². The van der Waals surface area contributed by atoms with Crippen molar-refractivity contribution in [1.82, 2.24) is 20.0 Å². The highest BCUT2D eigenvalue weighted by atomic mass is 16.5. The number of nitrogens with zero attached hydrogens (tertiary/aromatic N) is 4. The summed E-state index contributed by atoms with van der Waals surface area (Å²) < 4.78 is 5.58. The maximum atomic E-state index is 5.58. The molecule has 5 nitrogen and oxygen atoms in total. The van der Waals surface area contributed by atoms with E-state index in [1.807, 2.05) is 24.3 Å². The van der Waals surface area contributed by atoms with Crippen LogP contribution in [0.5, 0.6) is 0 Å². The first-order chi connectivity index (χ1) is 12.3. The van der Waals surface area contributed by atoms with Crippen LogP contribution in [0.25, 0.3) is 22.4 Å². The van der Waals surface area contributed by atoms with E-state index in [1.165, 1.54) is 19.4 Å². The van der Waals surface area contributed by atoms with Crippen LogP contribution in [-0.4, -0.2) is 39.7 Å². The van der Waals surface area contributed by atoms with E-state index in [2.05, 4.69) is 32.2 Å². The van der Waals surface area contributed by atoms with Crippen LogP contribution in [0.2, 0.25) is 0 Å². The summed E-state index contributed by atoms with van der Waals surface area (Å²) in [5.74, 6) is 2.72. The average Bonchev–Trinajstić information content (AvgIpc) is 3.34. The Labute approximate surface area is 147 Å². The van der Waals surface area contributed by atoms with Crippen LogP contribution in [0.4, 0.5) is 0 Å². The van der Waals surface area contributed by atoms with Crippen LogP contribution >= 0.6 is 0 Å². The summed E-state index contributed by atoms with van der Waals surface area (Å²) in [6.07, 6.45) is 5.07. The number of fused-ring (bicyclic) bond motifs is 1. The molecular formula is C20H22N4O. The first kappa shape index (κ1) is 15.0. The zero-order chi connectivity index (χ0) is 16.6. The van der Waals surface area contributed by atoms with Crippen LogP contribution in [0.1, 0.15) is 37.5 Å². The molecule has 2 fully saturated rings. The van der Waals surface area contributed by atoms with E-state index < -0.39 is 0 Å². The van der Waals surface area contributed by atoms with Crippen molar-refractivity contribution in [3.05, 3.63) is 42.3 Å². The molecule has 0 spiro atoms. The Hall–Kier alpha value is -2.27. The third kappa shape index (κ3) is 3.16. The number of hydrogen-bond donors (Lipinski definition) is 0. The SMILES string of the molecule is c1ccc2nc(-c3noc(C4CCN(CC5CC5)CC4)n3)ccc2c1. The number of piperidine rings is 1. The fraction of sp³-hybridized carbons (Fsp3) is 0.450. The van der Waals surface area contributed by atoms with Gasteiger partial charge in [-0.15, -0.1) is 0 Å². The molecule has 0 bridgehead atoms. The van der Waals surface area contributed by atoms with Gasteiger partial charge in [0.25, 0.3) is 0 Å². The van der Waals surface area contributed by atoms with E-state index in [1.54, 1.807) is 0 Å². The molecular weight excluding hydrogens is 312 g/mol. The van der Waals surface area contributed by atoms with Gasteiger partial charge in [-0.2, -0.15) is 4.98 Å². The summed E-state index contributed by atoms with van der Waals surface area (Å²) in [6, 6.07) is 12.1. The Morgan fingerprint density at radius 3 is 2.64 bits per heavy atom. The highest BCUT2D eigenvalue weighted by molar-refractivity contribution is 5.80. The number of para-hydroxylation sites is 1. The van der Waals surface area contributed by atoms with Gasteiger partial charge in [-0.1, -0.05) is 29.4 Å². The van der Waals surface area contributed by atoms with Crippen molar-refractivity contribution in [3.63, 3.8) is 0 Å². The minimum atomic E-state index is 0.386. The van der Waals surface area contributed by atoms with Gasteiger partial charge in [-0.3, -0.25) is 0 Å². The molecule has 0 unspecified atom stereocenters. The minimum Gasteiger partial charge on any atom is -0.339 e. The lowest BCUT2D eigenvalue weighted by Gasteiger charge is -2.30. The second kappa shape index (κ2) is 6.23. The molecule has 2 aromatic heterocycles. The van der Waals surface area contributed by atoms with Crippen molar-refractivity contribution in [2.24, 2.45) is 5.92 Å². The molecule has 0 radical (unpaired) electrons. The Balaban J connectivity index is 1.31. The van der Waals surface area contributed by atoms with Crippen molar-refractivity contribution in [1.29, 1.82) is 0 Å². The summed E-state index contributed by atoms with van der Waals surface area (Å²) in [6.45, 7) is 3.57. The van der Waals surface area contributed by atoms with Gasteiger partial charge in [-0.25, -0.2) is 4.98 Å². The Morgan fingerprint density at radius 1 is 0.960 bits per heavy atom. The van der Waals surface area contributed by atoms with Crippen LogP contribution in [-0.2, 0) is 0 Å². The van der Waals surface area contributed by atoms with E-state index in [-0.39, 0.29) is 0 Å². The first-order valence-electron chi connectivity index (χ1n) is 9.27. The van der Waals surface area contributed by atoms with Gasteiger partial charge >= 0.3 is 0 Å². The number of pyridine rings is 1. The van der Waals surface area contributed by atoms with E-state index >= 15 is 0 Å². The predicted molar refractivity (Wildman–Crippen MR) is 96.2 cm³/mol. The molecule has 1 aromatic carbocycles. The zero-order valence-electron chi connectivity index (χ0n) is 14.3. The van der Waals surface area contributed by atoms with Gasteiger partial charge < -0.3 is 9.42 Å². The van der Waals surface area contributed by atoms with Gasteiger partial charge in [0.1, 0.15) is 5.69 Å². The summed E-state index contributed by atoms with van der Waals surface area (Å²) in [4.78, 5) is 11.9. The summed E-state index contributed by atoms with van der Waals surface area (Å²) in [5.41, 5.74) is 1.74. The lowest BCUT2D eigenvalue weighted by molar-refractivity contribution is 0.188. The molecule has 1 saturated carbocycles. The lowest BCUT2D eigenvalue weighted by Crippen LogP contribution is -2.34. The molecule has 1 aliphatic heterocycles. The molecule has 0 atom stereocenters. The number of benzene rings is 1. The number of rotatable bonds is 4. The number of likely N-dealkylation sites (tertiary alicyclic amines) is 1. The summed E-state index contributed by atoms with van der Waals surface area (Å²) in [7, 11) is 0. The van der Waals surface area contributed by atoms with Crippen molar-refractivity contribution in [3.8, 4) is 11.5 Å². The largest absolute Gasteiger partial charge is 0.339 e. The molecule has 3 aromatic rings. The van der Waals surface area contributed by atoms with Crippen LogP contribution < -0.4 is 0 Å². The number of aromatic nitrogens is 3. The predicted octanol–water partition coefficient (Wildman–Crippen LogP) is 3.87.